The molecule has 20 heavy (non-hydrogen) atoms. The van der Waals surface area contributed by atoms with E-state index in [-0.39, 0.29) is 24.8 Å². The van der Waals surface area contributed by atoms with Gasteiger partial charge in [-0.2, -0.15) is 0 Å². The summed E-state index contributed by atoms with van der Waals surface area (Å²) in [5.41, 5.74) is 3.12. The summed E-state index contributed by atoms with van der Waals surface area (Å²) in [5.74, 6) is 0. The third-order valence-electron chi connectivity index (χ3n) is 4.76. The number of hydrogen-bond donors (Lipinski definition) is 0. The van der Waals surface area contributed by atoms with Crippen molar-refractivity contribution in [3.8, 4) is 0 Å². The molecule has 0 amide bonds. The standard InChI is InChI=1S/2C7H9.2CH3.2ClH.H2Si.Zr/c2*1-2-7-5-3-4-6-7;;;;;;/h2*5-6H,2-3H2,1H3;2*1H3;2*1H;1H2;. The molecule has 0 saturated carbocycles. The molecule has 0 aromatic carbocycles. The van der Waals surface area contributed by atoms with Crippen LogP contribution in [0, 0.1) is 0 Å². The van der Waals surface area contributed by atoms with Gasteiger partial charge in [-0.25, -0.2) is 0 Å². The van der Waals surface area contributed by atoms with Crippen molar-refractivity contribution in [2.75, 3.05) is 0 Å². The Morgan fingerprint density at radius 2 is 1.25 bits per heavy atom. The minimum atomic E-state index is -2.76. The molecule has 114 valence electrons. The van der Waals surface area contributed by atoms with Crippen molar-refractivity contribution in [1.29, 1.82) is 0 Å². The maximum Gasteiger partial charge on any atom is -0.147 e. The van der Waals surface area contributed by atoms with E-state index in [2.05, 4.69) is 54.3 Å². The van der Waals surface area contributed by atoms with E-state index in [4.69, 9.17) is 0 Å². The van der Waals surface area contributed by atoms with Crippen molar-refractivity contribution in [1.82, 2.24) is 0 Å². The van der Waals surface area contributed by atoms with Gasteiger partial charge in [-0.15, -0.1) is 24.8 Å². The summed E-state index contributed by atoms with van der Waals surface area (Å²) in [4.78, 5) is 0. The molecule has 2 rings (SSSR count). The van der Waals surface area contributed by atoms with Crippen molar-refractivity contribution in [3.63, 3.8) is 0 Å². The molecule has 0 N–H and O–H groups in total. The minimum absolute atomic E-state index is 0. The van der Waals surface area contributed by atoms with Gasteiger partial charge in [0.2, 0.25) is 0 Å². The molecule has 0 aromatic rings. The first-order chi connectivity index (χ1) is 8.35. The first-order valence-corrected chi connectivity index (χ1v) is 20.5. The fraction of sp³-hybridized carbons (Fsp3) is 0.500. The molecule has 0 saturated heterocycles. The predicted molar refractivity (Wildman–Crippen MR) is 96.9 cm³/mol. The zero-order valence-corrected chi connectivity index (χ0v) is 18.7. The van der Waals surface area contributed by atoms with Crippen LogP contribution in [0.5, 0.6) is 0 Å². The van der Waals surface area contributed by atoms with Crippen LogP contribution in [-0.4, -0.2) is 6.88 Å². The normalized spacial score (nSPS) is 18.4. The van der Waals surface area contributed by atoms with Gasteiger partial charge in [-0.3, -0.25) is 0 Å². The molecule has 0 unspecified atom stereocenters. The Labute approximate surface area is 139 Å². The van der Waals surface area contributed by atoms with Gasteiger partial charge in [0.25, 0.3) is 0 Å². The Morgan fingerprint density at radius 1 is 0.900 bits per heavy atom. The molecule has 0 heterocycles. The first kappa shape index (κ1) is 20.6. The van der Waals surface area contributed by atoms with Crippen molar-refractivity contribution >= 4 is 31.7 Å². The van der Waals surface area contributed by atoms with Crippen LogP contribution in [0.25, 0.3) is 0 Å². The first-order valence-electron chi connectivity index (χ1n) is 7.23. The molecule has 0 spiro atoms. The molecule has 0 atom stereocenters. The average molecular weight is 411 g/mol. The van der Waals surface area contributed by atoms with Gasteiger partial charge < -0.3 is 0 Å². The van der Waals surface area contributed by atoms with Crippen LogP contribution in [0.4, 0.5) is 0 Å². The summed E-state index contributed by atoms with van der Waals surface area (Å²) in [6.07, 6.45) is 14.8. The number of halogens is 2. The Morgan fingerprint density at radius 3 is 1.50 bits per heavy atom. The van der Waals surface area contributed by atoms with Crippen LogP contribution < -0.4 is 0 Å². The molecule has 0 radical (unpaired) electrons. The summed E-state index contributed by atoms with van der Waals surface area (Å²) >= 11 is -2.76. The summed E-state index contributed by atoms with van der Waals surface area (Å²) in [7, 11) is 0. The molecule has 0 aliphatic heterocycles. The van der Waals surface area contributed by atoms with Gasteiger partial charge in [0.15, 0.2) is 0 Å². The number of rotatable bonds is 4. The molecule has 2 aliphatic carbocycles. The second-order valence-electron chi connectivity index (χ2n) is 6.70. The van der Waals surface area contributed by atoms with E-state index < -0.39 is 17.4 Å². The fourth-order valence-corrected chi connectivity index (χ4v) is 13.8. The zero-order chi connectivity index (χ0) is 13.4. The van der Waals surface area contributed by atoms with Gasteiger partial charge in [-0.1, -0.05) is 0 Å². The monoisotopic (exact) mass is 408 g/mol. The van der Waals surface area contributed by atoms with E-state index in [9.17, 15) is 0 Å². The van der Waals surface area contributed by atoms with Gasteiger partial charge >= 0.3 is 115 Å². The molecule has 4 heteroatoms. The van der Waals surface area contributed by atoms with Crippen LogP contribution >= 0.6 is 24.8 Å². The van der Waals surface area contributed by atoms with Crippen molar-refractivity contribution < 1.29 is 17.4 Å². The largest absolute Gasteiger partial charge is 0.147 e. The fourth-order valence-electron chi connectivity index (χ4n) is 2.98. The molecule has 0 fully saturated rings. The second kappa shape index (κ2) is 7.27. The molecule has 0 nitrogen and oxygen atoms in total. The molecular formula is C16H28Cl2SiZr. The van der Waals surface area contributed by atoms with Crippen LogP contribution in [0.3, 0.4) is 0 Å². The van der Waals surface area contributed by atoms with Gasteiger partial charge in [-0.05, 0) is 0 Å². The van der Waals surface area contributed by atoms with Crippen molar-refractivity contribution in [2.45, 2.75) is 48.8 Å². The van der Waals surface area contributed by atoms with Crippen molar-refractivity contribution in [3.05, 3.63) is 42.0 Å². The quantitative estimate of drug-likeness (QED) is 0.544. The third kappa shape index (κ3) is 3.88. The van der Waals surface area contributed by atoms with E-state index in [1.807, 2.05) is 0 Å². The molecule has 0 aromatic heterocycles. The van der Waals surface area contributed by atoms with E-state index in [1.165, 1.54) is 25.7 Å². The van der Waals surface area contributed by atoms with Crippen molar-refractivity contribution in [2.24, 2.45) is 0 Å². The van der Waals surface area contributed by atoms with Crippen LogP contribution in [0.2, 0.25) is 9.26 Å². The predicted octanol–water partition coefficient (Wildman–Crippen LogP) is 5.41. The maximum absolute atomic E-state index is 2.76. The number of allylic oxidation sites excluding steroid dienone is 8. The average Bonchev–Trinajstić information content (AvgIpc) is 2.98. The second-order valence-corrected chi connectivity index (χ2v) is 35.6. The summed E-state index contributed by atoms with van der Waals surface area (Å²) < 4.78 is 8.83. The number of hydrogen-bond acceptors (Lipinski definition) is 0. The Balaban J connectivity index is 0.00000180. The Hall–Kier alpha value is 0.640. The van der Waals surface area contributed by atoms with Gasteiger partial charge in [0.1, 0.15) is 0 Å². The smallest absolute Gasteiger partial charge is 0.147 e. The van der Waals surface area contributed by atoms with Crippen LogP contribution in [0.1, 0.15) is 39.5 Å². The van der Waals surface area contributed by atoms with E-state index in [0.717, 1.165) is 0 Å². The minimum Gasteiger partial charge on any atom is -0.147 e. The summed E-state index contributed by atoms with van der Waals surface area (Å²) in [6, 6.07) is 0. The Kier molecular flexibility index (Phi) is 7.50. The molecule has 2 aliphatic rings. The summed E-state index contributed by atoms with van der Waals surface area (Å²) in [5, 5.41) is 0. The topological polar surface area (TPSA) is 0 Å². The van der Waals surface area contributed by atoms with Crippen LogP contribution in [0.15, 0.2) is 42.0 Å². The third-order valence-corrected chi connectivity index (χ3v) is 22.0. The van der Waals surface area contributed by atoms with E-state index in [0.29, 0.717) is 0 Å². The molecular weight excluding hydrogens is 382 g/mol. The van der Waals surface area contributed by atoms with E-state index >= 15 is 0 Å². The summed E-state index contributed by atoms with van der Waals surface area (Å²) in [6.45, 7) is 6.90. The SMILES string of the molecule is CCC1=CC[C]([Zr]([CH3])([CH3])(=[SiH2])[C]2=CC(CC)=CC2)=C1.Cl.Cl. The molecule has 0 bridgehead atoms. The van der Waals surface area contributed by atoms with Crippen LogP contribution in [-0.2, 0) is 17.4 Å². The van der Waals surface area contributed by atoms with Gasteiger partial charge in [0.05, 0.1) is 0 Å². The zero-order valence-electron chi connectivity index (χ0n) is 13.2. The maximum atomic E-state index is 2.62. The Bertz CT molecular complexity index is 515. The van der Waals surface area contributed by atoms with E-state index in [1.54, 1.807) is 17.7 Å². The van der Waals surface area contributed by atoms with Gasteiger partial charge in [0, 0.05) is 0 Å².